The van der Waals surface area contributed by atoms with Crippen molar-refractivity contribution in [1.29, 1.82) is 5.26 Å². The van der Waals surface area contributed by atoms with Crippen molar-refractivity contribution >= 4 is 17.7 Å². The molecule has 1 heterocycles. The number of nitriles is 1. The van der Waals surface area contributed by atoms with Gasteiger partial charge in [-0.1, -0.05) is 0 Å². The van der Waals surface area contributed by atoms with Crippen LogP contribution in [0.15, 0.2) is 0 Å². The van der Waals surface area contributed by atoms with E-state index in [2.05, 4.69) is 6.07 Å². The highest BCUT2D eigenvalue weighted by Gasteiger charge is 2.28. The van der Waals surface area contributed by atoms with Gasteiger partial charge in [-0.25, -0.2) is 0 Å². The number of aliphatic carboxylic acids is 1. The maximum atomic E-state index is 11.1. The van der Waals surface area contributed by atoms with E-state index >= 15 is 0 Å². The lowest BCUT2D eigenvalue weighted by Crippen LogP contribution is -2.47. The first-order valence-corrected chi connectivity index (χ1v) is 7.07. The molecular weight excluding hydrogens is 236 g/mol. The molecule has 1 aliphatic heterocycles. The molecule has 0 spiro atoms. The summed E-state index contributed by atoms with van der Waals surface area (Å²) in [7, 11) is 0. The van der Waals surface area contributed by atoms with E-state index in [1.807, 2.05) is 18.7 Å². The van der Waals surface area contributed by atoms with Crippen molar-refractivity contribution in [2.75, 3.05) is 24.6 Å². The van der Waals surface area contributed by atoms with Gasteiger partial charge in [0.15, 0.2) is 0 Å². The average molecular weight is 256 g/mol. The predicted octanol–water partition coefficient (Wildman–Crippen LogP) is 1.82. The van der Waals surface area contributed by atoms with Crippen LogP contribution in [-0.4, -0.2) is 46.6 Å². The number of hydrogen-bond acceptors (Lipinski definition) is 4. The quantitative estimate of drug-likeness (QED) is 0.813. The van der Waals surface area contributed by atoms with Gasteiger partial charge in [0.2, 0.25) is 0 Å². The summed E-state index contributed by atoms with van der Waals surface area (Å²) in [6.07, 6.45) is 1.70. The van der Waals surface area contributed by atoms with Crippen LogP contribution >= 0.6 is 11.8 Å². The van der Waals surface area contributed by atoms with Crippen LogP contribution in [-0.2, 0) is 4.79 Å². The number of carboxylic acids is 1. The summed E-state index contributed by atoms with van der Waals surface area (Å²) in [5.74, 6) is 0.958. The molecule has 1 unspecified atom stereocenters. The third-order valence-corrected chi connectivity index (χ3v) is 4.10. The number of rotatable bonds is 5. The molecule has 1 saturated heterocycles. The lowest BCUT2D eigenvalue weighted by atomic mass is 9.90. The second kappa shape index (κ2) is 6.27. The maximum absolute atomic E-state index is 11.1. The zero-order chi connectivity index (χ0) is 12.9. The summed E-state index contributed by atoms with van der Waals surface area (Å²) in [6, 6.07) is 1.93. The Labute approximate surface area is 107 Å². The first-order chi connectivity index (χ1) is 7.96. The van der Waals surface area contributed by atoms with E-state index in [9.17, 15) is 4.79 Å². The van der Waals surface area contributed by atoms with E-state index in [-0.39, 0.29) is 11.5 Å². The smallest absolute Gasteiger partial charge is 0.321 e. The fraction of sp³-hybridized carbons (Fsp3) is 0.833. The predicted molar refractivity (Wildman–Crippen MR) is 68.9 cm³/mol. The van der Waals surface area contributed by atoms with Crippen LogP contribution in [0.3, 0.4) is 0 Å². The fourth-order valence-corrected chi connectivity index (χ4v) is 3.02. The number of nitrogens with zero attached hydrogens (tertiary/aromatic N) is 2. The topological polar surface area (TPSA) is 64.3 Å². The van der Waals surface area contributed by atoms with Gasteiger partial charge in [0.1, 0.15) is 6.04 Å². The molecule has 17 heavy (non-hydrogen) atoms. The molecule has 0 aromatic heterocycles. The molecule has 5 heteroatoms. The molecule has 0 bridgehead atoms. The zero-order valence-corrected chi connectivity index (χ0v) is 11.3. The van der Waals surface area contributed by atoms with E-state index < -0.39 is 5.97 Å². The number of carboxylic acid groups (broad SMARTS) is 1. The minimum Gasteiger partial charge on any atom is -0.480 e. The Morgan fingerprint density at radius 3 is 2.94 bits per heavy atom. The van der Waals surface area contributed by atoms with Crippen LogP contribution in [0.2, 0.25) is 0 Å². The van der Waals surface area contributed by atoms with Crippen LogP contribution in [0, 0.1) is 16.7 Å². The van der Waals surface area contributed by atoms with Crippen molar-refractivity contribution in [3.63, 3.8) is 0 Å². The number of carbonyl (C=O) groups is 1. The Morgan fingerprint density at radius 2 is 2.35 bits per heavy atom. The summed E-state index contributed by atoms with van der Waals surface area (Å²) >= 11 is 1.70. The molecule has 4 nitrogen and oxygen atoms in total. The molecule has 0 saturated carbocycles. The van der Waals surface area contributed by atoms with Gasteiger partial charge < -0.3 is 5.11 Å². The van der Waals surface area contributed by atoms with Crippen LogP contribution in [0.5, 0.6) is 0 Å². The number of thioether (sulfide) groups is 1. The summed E-state index contributed by atoms with van der Waals surface area (Å²) < 4.78 is 0. The van der Waals surface area contributed by atoms with Crippen molar-refractivity contribution in [3.8, 4) is 6.07 Å². The van der Waals surface area contributed by atoms with Gasteiger partial charge in [0.05, 0.1) is 11.5 Å². The van der Waals surface area contributed by atoms with Crippen molar-refractivity contribution in [1.82, 2.24) is 4.90 Å². The molecule has 0 amide bonds. The Kier molecular flexibility index (Phi) is 5.29. The van der Waals surface area contributed by atoms with Crippen LogP contribution in [0.1, 0.15) is 26.7 Å². The van der Waals surface area contributed by atoms with Crippen LogP contribution in [0.4, 0.5) is 0 Å². The SMILES string of the molecule is CC(C)(C#N)CCCN1CCSCC1C(=O)O. The molecule has 1 N–H and O–H groups in total. The van der Waals surface area contributed by atoms with Crippen molar-refractivity contribution in [2.24, 2.45) is 5.41 Å². The number of hydrogen-bond donors (Lipinski definition) is 1. The Hall–Kier alpha value is -0.730. The van der Waals surface area contributed by atoms with Crippen LogP contribution < -0.4 is 0 Å². The van der Waals surface area contributed by atoms with E-state index in [0.717, 1.165) is 31.7 Å². The lowest BCUT2D eigenvalue weighted by molar-refractivity contribution is -0.142. The summed E-state index contributed by atoms with van der Waals surface area (Å²) in [5, 5.41) is 18.0. The molecular formula is C12H20N2O2S. The van der Waals surface area contributed by atoms with Gasteiger partial charge in [-0.15, -0.1) is 0 Å². The van der Waals surface area contributed by atoms with Crippen molar-refractivity contribution in [2.45, 2.75) is 32.7 Å². The van der Waals surface area contributed by atoms with Gasteiger partial charge in [0.25, 0.3) is 0 Å². The third kappa shape index (κ3) is 4.57. The summed E-state index contributed by atoms with van der Waals surface area (Å²) in [5.41, 5.74) is -0.302. The normalized spacial score (nSPS) is 22.1. The van der Waals surface area contributed by atoms with Gasteiger partial charge in [0, 0.05) is 18.1 Å². The molecule has 1 fully saturated rings. The van der Waals surface area contributed by atoms with Crippen molar-refractivity contribution < 1.29 is 9.90 Å². The molecule has 0 radical (unpaired) electrons. The Morgan fingerprint density at radius 1 is 1.65 bits per heavy atom. The van der Waals surface area contributed by atoms with E-state index in [1.165, 1.54) is 0 Å². The molecule has 1 atom stereocenters. The Bertz CT molecular complexity index is 312. The molecule has 96 valence electrons. The van der Waals surface area contributed by atoms with E-state index in [4.69, 9.17) is 10.4 Å². The monoisotopic (exact) mass is 256 g/mol. The summed E-state index contributed by atoms with van der Waals surface area (Å²) in [4.78, 5) is 13.1. The highest BCUT2D eigenvalue weighted by atomic mass is 32.2. The zero-order valence-electron chi connectivity index (χ0n) is 10.5. The van der Waals surface area contributed by atoms with E-state index in [0.29, 0.717) is 5.75 Å². The molecule has 0 aromatic rings. The highest BCUT2D eigenvalue weighted by Crippen LogP contribution is 2.22. The van der Waals surface area contributed by atoms with Gasteiger partial charge in [-0.3, -0.25) is 9.69 Å². The first-order valence-electron chi connectivity index (χ1n) is 5.92. The summed E-state index contributed by atoms with van der Waals surface area (Å²) in [6.45, 7) is 5.47. The lowest BCUT2D eigenvalue weighted by Gasteiger charge is -2.32. The molecule has 0 aliphatic carbocycles. The maximum Gasteiger partial charge on any atom is 0.321 e. The average Bonchev–Trinajstić information content (AvgIpc) is 2.29. The van der Waals surface area contributed by atoms with Crippen molar-refractivity contribution in [3.05, 3.63) is 0 Å². The minimum absolute atomic E-state index is 0.302. The van der Waals surface area contributed by atoms with Gasteiger partial charge >= 0.3 is 5.97 Å². The molecule has 1 aliphatic rings. The molecule has 0 aromatic carbocycles. The fourth-order valence-electron chi connectivity index (χ4n) is 1.91. The standard InChI is InChI=1S/C12H20N2O2S/c1-12(2,9-13)4-3-5-14-6-7-17-8-10(14)11(15)16/h10H,3-8H2,1-2H3,(H,15,16). The van der Waals surface area contributed by atoms with Crippen LogP contribution in [0.25, 0.3) is 0 Å². The highest BCUT2D eigenvalue weighted by molar-refractivity contribution is 7.99. The van der Waals surface area contributed by atoms with E-state index in [1.54, 1.807) is 11.8 Å². The third-order valence-electron chi connectivity index (χ3n) is 3.07. The largest absolute Gasteiger partial charge is 0.480 e. The second-order valence-corrected chi connectivity index (χ2v) is 6.21. The first kappa shape index (κ1) is 14.3. The minimum atomic E-state index is -0.725. The van der Waals surface area contributed by atoms with Gasteiger partial charge in [-0.05, 0) is 33.2 Å². The second-order valence-electron chi connectivity index (χ2n) is 5.06. The Balaban J connectivity index is 2.39. The molecule has 1 rings (SSSR count). The van der Waals surface area contributed by atoms with Gasteiger partial charge in [-0.2, -0.15) is 17.0 Å².